The van der Waals surface area contributed by atoms with Crippen molar-refractivity contribution in [1.82, 2.24) is 14.9 Å². The van der Waals surface area contributed by atoms with E-state index in [1.165, 1.54) is 6.08 Å². The Kier molecular flexibility index (Phi) is 8.28. The van der Waals surface area contributed by atoms with Crippen molar-refractivity contribution in [2.45, 2.75) is 20.3 Å². The Hall–Kier alpha value is -1.70. The number of rotatable bonds is 10. The normalized spacial score (nSPS) is 12.7. The molecule has 0 unspecified atom stereocenters. The molecule has 0 bridgehead atoms. The van der Waals surface area contributed by atoms with Crippen LogP contribution in [-0.4, -0.2) is 53.0 Å². The molecule has 0 saturated heterocycles. The minimum atomic E-state index is -3.55. The summed E-state index contributed by atoms with van der Waals surface area (Å²) in [6, 6.07) is 9.16. The number of benzene rings is 1. The number of sulfonamides is 1. The first-order valence-electron chi connectivity index (χ1n) is 8.24. The van der Waals surface area contributed by atoms with Crippen LogP contribution in [0.5, 0.6) is 0 Å². The molecule has 2 N–H and O–H groups in total. The molecule has 0 atom stereocenters. The molecule has 25 heavy (non-hydrogen) atoms. The van der Waals surface area contributed by atoms with Gasteiger partial charge >= 0.3 is 0 Å². The highest BCUT2D eigenvalue weighted by Crippen LogP contribution is 2.14. The summed E-state index contributed by atoms with van der Waals surface area (Å²) in [4.78, 5) is 13.9. The maximum absolute atomic E-state index is 11.9. The molecular weight excluding hydrogens is 338 g/mol. The first-order chi connectivity index (χ1) is 11.6. The van der Waals surface area contributed by atoms with Gasteiger partial charge in [0.15, 0.2) is 0 Å². The van der Waals surface area contributed by atoms with Crippen LogP contribution < -0.4 is 10.0 Å². The molecule has 0 fully saturated rings. The van der Waals surface area contributed by atoms with Crippen molar-refractivity contribution in [3.8, 4) is 0 Å². The van der Waals surface area contributed by atoms with Crippen LogP contribution in [0.1, 0.15) is 25.8 Å². The van der Waals surface area contributed by atoms with Crippen molar-refractivity contribution in [3.05, 3.63) is 41.3 Å². The Balaban J connectivity index is 2.35. The number of nitrogens with one attached hydrogen (secondary N) is 2. The van der Waals surface area contributed by atoms with Gasteiger partial charge in [-0.2, -0.15) is 0 Å². The van der Waals surface area contributed by atoms with E-state index in [1.807, 2.05) is 44.4 Å². The van der Waals surface area contributed by atoms with Crippen LogP contribution in [0.4, 0.5) is 0 Å². The molecule has 1 aromatic rings. The lowest BCUT2D eigenvalue weighted by molar-refractivity contribution is -0.121. The molecule has 6 nitrogen and oxygen atoms in total. The average Bonchev–Trinajstić information content (AvgIpc) is 2.51. The number of hydrogen-bond acceptors (Lipinski definition) is 4. The predicted octanol–water partition coefficient (Wildman–Crippen LogP) is 1.67. The Morgan fingerprint density at radius 2 is 1.84 bits per heavy atom. The van der Waals surface area contributed by atoms with Crippen molar-refractivity contribution in [2.75, 3.05) is 33.7 Å². The van der Waals surface area contributed by atoms with E-state index >= 15 is 0 Å². The van der Waals surface area contributed by atoms with Gasteiger partial charge in [0.05, 0.1) is 0 Å². The lowest BCUT2D eigenvalue weighted by Gasteiger charge is -2.28. The summed E-state index contributed by atoms with van der Waals surface area (Å²) in [5.74, 6) is -0.165. The molecule has 0 aliphatic heterocycles. The van der Waals surface area contributed by atoms with Crippen LogP contribution in [0.15, 0.2) is 35.7 Å². The van der Waals surface area contributed by atoms with Gasteiger partial charge < -0.3 is 10.2 Å². The molecule has 0 aliphatic carbocycles. The van der Waals surface area contributed by atoms with Gasteiger partial charge in [0.2, 0.25) is 15.9 Å². The molecule has 1 aromatic carbocycles. The van der Waals surface area contributed by atoms with Crippen LogP contribution >= 0.6 is 0 Å². The molecule has 0 heterocycles. The van der Waals surface area contributed by atoms with Crippen molar-refractivity contribution in [2.24, 2.45) is 5.41 Å². The first kappa shape index (κ1) is 21.3. The topological polar surface area (TPSA) is 78.5 Å². The van der Waals surface area contributed by atoms with Gasteiger partial charge in [-0.15, -0.1) is 0 Å². The lowest BCUT2D eigenvalue weighted by Crippen LogP contribution is -2.40. The zero-order valence-corrected chi connectivity index (χ0v) is 16.3. The van der Waals surface area contributed by atoms with Gasteiger partial charge in [-0.1, -0.05) is 44.2 Å². The van der Waals surface area contributed by atoms with Crippen LogP contribution in [0.3, 0.4) is 0 Å². The smallest absolute Gasteiger partial charge is 0.233 e. The zero-order chi connectivity index (χ0) is 18.9. The molecule has 0 saturated carbocycles. The van der Waals surface area contributed by atoms with Crippen molar-refractivity contribution < 1.29 is 13.2 Å². The summed E-state index contributed by atoms with van der Waals surface area (Å²) < 4.78 is 26.2. The number of carbonyl (C=O) groups is 1. The molecule has 0 radical (unpaired) electrons. The summed E-state index contributed by atoms with van der Waals surface area (Å²) in [5.41, 5.74) is 0.755. The molecule has 7 heteroatoms. The van der Waals surface area contributed by atoms with Crippen LogP contribution in [0.2, 0.25) is 0 Å². The molecule has 1 amide bonds. The van der Waals surface area contributed by atoms with E-state index in [2.05, 4.69) is 28.8 Å². The van der Waals surface area contributed by atoms with Gasteiger partial charge in [0, 0.05) is 31.5 Å². The van der Waals surface area contributed by atoms with E-state index in [-0.39, 0.29) is 24.3 Å². The Morgan fingerprint density at radius 1 is 1.20 bits per heavy atom. The van der Waals surface area contributed by atoms with Crippen LogP contribution in [0.25, 0.3) is 6.08 Å². The fourth-order valence-electron chi connectivity index (χ4n) is 2.43. The molecule has 0 spiro atoms. The fourth-order valence-corrected chi connectivity index (χ4v) is 3.24. The Morgan fingerprint density at radius 3 is 2.44 bits per heavy atom. The minimum absolute atomic E-state index is 0.0446. The number of amides is 1. The summed E-state index contributed by atoms with van der Waals surface area (Å²) in [6.45, 7) is 5.62. The molecule has 0 aromatic heterocycles. The van der Waals surface area contributed by atoms with Crippen LogP contribution in [-0.2, 0) is 14.8 Å². The highest BCUT2D eigenvalue weighted by atomic mass is 32.2. The van der Waals surface area contributed by atoms with E-state index in [1.54, 1.807) is 0 Å². The average molecular weight is 368 g/mol. The van der Waals surface area contributed by atoms with Crippen LogP contribution in [0, 0.1) is 5.41 Å². The second-order valence-corrected chi connectivity index (χ2v) is 8.73. The van der Waals surface area contributed by atoms with E-state index in [4.69, 9.17) is 0 Å². The molecule has 1 rings (SSSR count). The number of carbonyl (C=O) groups excluding carboxylic acids is 1. The summed E-state index contributed by atoms with van der Waals surface area (Å²) in [6.07, 6.45) is 1.63. The SMILES string of the molecule is CN(C)CC(C)(C)CNC(=O)CCNS(=O)(=O)/C=C/c1ccccc1. The molecular formula is C18H29N3O3S. The summed E-state index contributed by atoms with van der Waals surface area (Å²) >= 11 is 0. The Labute approximate surface area is 151 Å². The maximum Gasteiger partial charge on any atom is 0.233 e. The highest BCUT2D eigenvalue weighted by molar-refractivity contribution is 7.92. The largest absolute Gasteiger partial charge is 0.355 e. The van der Waals surface area contributed by atoms with Crippen molar-refractivity contribution >= 4 is 22.0 Å². The highest BCUT2D eigenvalue weighted by Gasteiger charge is 2.19. The van der Waals surface area contributed by atoms with Crippen molar-refractivity contribution in [1.29, 1.82) is 0 Å². The van der Waals surface area contributed by atoms with Gasteiger partial charge in [0.1, 0.15) is 0 Å². The zero-order valence-electron chi connectivity index (χ0n) is 15.5. The fraction of sp³-hybridized carbons (Fsp3) is 0.500. The van der Waals surface area contributed by atoms with E-state index in [0.29, 0.717) is 6.54 Å². The molecule has 140 valence electrons. The van der Waals surface area contributed by atoms with E-state index in [9.17, 15) is 13.2 Å². The van der Waals surface area contributed by atoms with Gasteiger partial charge in [0.25, 0.3) is 0 Å². The third-order valence-electron chi connectivity index (χ3n) is 3.40. The summed E-state index contributed by atoms with van der Waals surface area (Å²) in [5, 5.41) is 3.97. The van der Waals surface area contributed by atoms with Gasteiger partial charge in [-0.3, -0.25) is 4.79 Å². The standard InChI is InChI=1S/C18H29N3O3S/c1-18(2,15-21(3)4)14-19-17(22)10-12-20-25(23,24)13-11-16-8-6-5-7-9-16/h5-9,11,13,20H,10,12,14-15H2,1-4H3,(H,19,22)/b13-11+. The first-order valence-corrected chi connectivity index (χ1v) is 9.78. The minimum Gasteiger partial charge on any atom is -0.355 e. The monoisotopic (exact) mass is 367 g/mol. The van der Waals surface area contributed by atoms with E-state index in [0.717, 1.165) is 17.5 Å². The summed E-state index contributed by atoms with van der Waals surface area (Å²) in [7, 11) is 0.423. The van der Waals surface area contributed by atoms with E-state index < -0.39 is 10.0 Å². The molecule has 0 aliphatic rings. The number of nitrogens with zero attached hydrogens (tertiary/aromatic N) is 1. The van der Waals surface area contributed by atoms with Gasteiger partial charge in [-0.25, -0.2) is 13.1 Å². The third kappa shape index (κ3) is 10.0. The second-order valence-electron chi connectivity index (χ2n) is 7.08. The predicted molar refractivity (Wildman–Crippen MR) is 102 cm³/mol. The second kappa shape index (κ2) is 9.70. The van der Waals surface area contributed by atoms with Gasteiger partial charge in [-0.05, 0) is 31.1 Å². The lowest BCUT2D eigenvalue weighted by atomic mass is 9.93. The quantitative estimate of drug-likeness (QED) is 0.659. The van der Waals surface area contributed by atoms with Crippen molar-refractivity contribution in [3.63, 3.8) is 0 Å². The Bertz CT molecular complexity index is 668. The maximum atomic E-state index is 11.9. The number of hydrogen-bond donors (Lipinski definition) is 2. The third-order valence-corrected chi connectivity index (χ3v) is 4.50.